The third-order valence-corrected chi connectivity index (χ3v) is 2.93. The quantitative estimate of drug-likeness (QED) is 0.645. The predicted octanol–water partition coefficient (Wildman–Crippen LogP) is 2.82. The number of amides is 1. The molecule has 0 radical (unpaired) electrons. The van der Waals surface area contributed by atoms with Crippen molar-refractivity contribution in [3.8, 4) is 0 Å². The van der Waals surface area contributed by atoms with Gasteiger partial charge in [-0.05, 0) is 37.5 Å². The first-order valence-electron chi connectivity index (χ1n) is 5.49. The average molecular weight is 285 g/mol. The van der Waals surface area contributed by atoms with Gasteiger partial charge in [-0.2, -0.15) is 0 Å². The number of hydrogen-bond donors (Lipinski definition) is 1. The van der Waals surface area contributed by atoms with Gasteiger partial charge in [-0.25, -0.2) is 0 Å². The summed E-state index contributed by atoms with van der Waals surface area (Å²) in [6.45, 7) is 1.98. The summed E-state index contributed by atoms with van der Waals surface area (Å²) in [7, 11) is 0. The number of hydrogen-bond acceptors (Lipinski definition) is 2. The molecule has 0 aliphatic rings. The van der Waals surface area contributed by atoms with Crippen LogP contribution in [0.2, 0.25) is 0 Å². The maximum Gasteiger partial charge on any atom is 0.220 e. The zero-order chi connectivity index (χ0) is 11.8. The minimum Gasteiger partial charge on any atom is -0.350 e. The molecule has 1 amide bonds. The van der Waals surface area contributed by atoms with Crippen molar-refractivity contribution < 1.29 is 4.79 Å². The summed E-state index contributed by atoms with van der Waals surface area (Å²) in [5.74, 6) is 0.116. The Hall–Kier alpha value is -0.900. The Labute approximate surface area is 105 Å². The van der Waals surface area contributed by atoms with Gasteiger partial charge >= 0.3 is 0 Å². The fraction of sp³-hybridized carbons (Fsp3) is 0.500. The van der Waals surface area contributed by atoms with E-state index in [1.807, 2.05) is 19.1 Å². The fourth-order valence-electron chi connectivity index (χ4n) is 1.43. The van der Waals surface area contributed by atoms with Gasteiger partial charge in [0.05, 0.1) is 6.04 Å². The van der Waals surface area contributed by atoms with Crippen LogP contribution in [0.3, 0.4) is 0 Å². The minimum atomic E-state index is 0.0551. The summed E-state index contributed by atoms with van der Waals surface area (Å²) in [6.07, 6.45) is 6.05. The summed E-state index contributed by atoms with van der Waals surface area (Å²) in [5, 5.41) is 3.93. The molecule has 0 aliphatic heterocycles. The minimum absolute atomic E-state index is 0.0551. The van der Waals surface area contributed by atoms with E-state index in [1.54, 1.807) is 12.4 Å². The predicted molar refractivity (Wildman–Crippen MR) is 68.4 cm³/mol. The number of nitrogens with zero attached hydrogens (tertiary/aromatic N) is 1. The second-order valence-corrected chi connectivity index (χ2v) is 4.51. The molecule has 88 valence electrons. The Morgan fingerprint density at radius 2 is 2.12 bits per heavy atom. The standard InChI is InChI=1S/C12H17BrN2O/c1-10(11-5-8-14-9-6-11)15-12(16)4-2-3-7-13/h5-6,8-10H,2-4,7H2,1H3,(H,15,16)/t10-/m0/s1. The highest BCUT2D eigenvalue weighted by molar-refractivity contribution is 9.09. The van der Waals surface area contributed by atoms with Gasteiger partial charge in [-0.1, -0.05) is 15.9 Å². The summed E-state index contributed by atoms with van der Waals surface area (Å²) >= 11 is 3.35. The topological polar surface area (TPSA) is 42.0 Å². The van der Waals surface area contributed by atoms with Crippen LogP contribution in [0.5, 0.6) is 0 Å². The lowest BCUT2D eigenvalue weighted by molar-refractivity contribution is -0.121. The van der Waals surface area contributed by atoms with E-state index in [-0.39, 0.29) is 11.9 Å². The molecule has 0 saturated carbocycles. The molecule has 0 spiro atoms. The highest BCUT2D eigenvalue weighted by atomic mass is 79.9. The molecule has 0 bridgehead atoms. The smallest absolute Gasteiger partial charge is 0.220 e. The zero-order valence-corrected chi connectivity index (χ0v) is 11.0. The molecule has 0 unspecified atom stereocenters. The van der Waals surface area contributed by atoms with E-state index < -0.39 is 0 Å². The van der Waals surface area contributed by atoms with E-state index in [1.165, 1.54) is 0 Å². The van der Waals surface area contributed by atoms with Crippen LogP contribution >= 0.6 is 15.9 Å². The number of unbranched alkanes of at least 4 members (excludes halogenated alkanes) is 1. The van der Waals surface area contributed by atoms with Crippen LogP contribution in [-0.4, -0.2) is 16.2 Å². The molecular weight excluding hydrogens is 268 g/mol. The molecule has 16 heavy (non-hydrogen) atoms. The number of halogens is 1. The normalized spacial score (nSPS) is 12.1. The van der Waals surface area contributed by atoms with Crippen LogP contribution < -0.4 is 5.32 Å². The maximum atomic E-state index is 11.6. The average Bonchev–Trinajstić information content (AvgIpc) is 2.30. The number of rotatable bonds is 6. The van der Waals surface area contributed by atoms with Crippen molar-refractivity contribution in [2.24, 2.45) is 0 Å². The largest absolute Gasteiger partial charge is 0.350 e. The molecule has 0 fully saturated rings. The summed E-state index contributed by atoms with van der Waals surface area (Å²) in [5.41, 5.74) is 1.09. The number of alkyl halides is 1. The Morgan fingerprint density at radius 3 is 2.75 bits per heavy atom. The van der Waals surface area contributed by atoms with Crippen LogP contribution in [0.1, 0.15) is 37.8 Å². The van der Waals surface area contributed by atoms with Crippen LogP contribution in [0.4, 0.5) is 0 Å². The van der Waals surface area contributed by atoms with E-state index in [0.717, 1.165) is 23.7 Å². The van der Waals surface area contributed by atoms with Crippen LogP contribution in [-0.2, 0) is 4.79 Å². The lowest BCUT2D eigenvalue weighted by Gasteiger charge is -2.13. The van der Waals surface area contributed by atoms with Crippen molar-refractivity contribution in [1.29, 1.82) is 0 Å². The van der Waals surface area contributed by atoms with Gasteiger partial charge in [0.25, 0.3) is 0 Å². The van der Waals surface area contributed by atoms with Gasteiger partial charge in [0.15, 0.2) is 0 Å². The maximum absolute atomic E-state index is 11.6. The summed E-state index contributed by atoms with van der Waals surface area (Å²) < 4.78 is 0. The Morgan fingerprint density at radius 1 is 1.44 bits per heavy atom. The first kappa shape index (κ1) is 13.2. The van der Waals surface area contributed by atoms with E-state index in [9.17, 15) is 4.79 Å². The SMILES string of the molecule is C[C@H](NC(=O)CCCCBr)c1ccncc1. The van der Waals surface area contributed by atoms with Crippen molar-refractivity contribution in [2.45, 2.75) is 32.2 Å². The molecule has 1 rings (SSSR count). The van der Waals surface area contributed by atoms with Crippen molar-refractivity contribution in [2.75, 3.05) is 5.33 Å². The first-order chi connectivity index (χ1) is 7.74. The molecule has 1 aromatic rings. The van der Waals surface area contributed by atoms with Gasteiger partial charge in [0.1, 0.15) is 0 Å². The molecule has 1 heterocycles. The van der Waals surface area contributed by atoms with E-state index >= 15 is 0 Å². The molecule has 0 aliphatic carbocycles. The van der Waals surface area contributed by atoms with Gasteiger partial charge in [-0.3, -0.25) is 9.78 Å². The van der Waals surface area contributed by atoms with Crippen LogP contribution in [0.25, 0.3) is 0 Å². The third-order valence-electron chi connectivity index (χ3n) is 2.37. The second-order valence-electron chi connectivity index (χ2n) is 3.72. The van der Waals surface area contributed by atoms with E-state index in [2.05, 4.69) is 26.2 Å². The summed E-state index contributed by atoms with van der Waals surface area (Å²) in [6, 6.07) is 3.90. The van der Waals surface area contributed by atoms with Crippen molar-refractivity contribution in [1.82, 2.24) is 10.3 Å². The Balaban J connectivity index is 2.34. The zero-order valence-electron chi connectivity index (χ0n) is 9.45. The van der Waals surface area contributed by atoms with E-state index in [4.69, 9.17) is 0 Å². The first-order valence-corrected chi connectivity index (χ1v) is 6.61. The van der Waals surface area contributed by atoms with Gasteiger partial charge in [0, 0.05) is 24.1 Å². The van der Waals surface area contributed by atoms with Gasteiger partial charge in [-0.15, -0.1) is 0 Å². The highest BCUT2D eigenvalue weighted by Gasteiger charge is 2.08. The van der Waals surface area contributed by atoms with Crippen LogP contribution in [0, 0.1) is 0 Å². The van der Waals surface area contributed by atoms with Crippen molar-refractivity contribution in [3.05, 3.63) is 30.1 Å². The van der Waals surface area contributed by atoms with Crippen molar-refractivity contribution >= 4 is 21.8 Å². The fourth-order valence-corrected chi connectivity index (χ4v) is 1.83. The number of aromatic nitrogens is 1. The van der Waals surface area contributed by atoms with E-state index in [0.29, 0.717) is 6.42 Å². The number of nitrogens with one attached hydrogen (secondary N) is 1. The Kier molecular flexibility index (Phi) is 6.08. The van der Waals surface area contributed by atoms with Gasteiger partial charge in [0.2, 0.25) is 5.91 Å². The summed E-state index contributed by atoms with van der Waals surface area (Å²) in [4.78, 5) is 15.5. The molecule has 3 nitrogen and oxygen atoms in total. The van der Waals surface area contributed by atoms with Crippen LogP contribution in [0.15, 0.2) is 24.5 Å². The number of pyridine rings is 1. The molecule has 0 aromatic carbocycles. The molecule has 1 atom stereocenters. The second kappa shape index (κ2) is 7.39. The third kappa shape index (κ3) is 4.75. The lowest BCUT2D eigenvalue weighted by Crippen LogP contribution is -2.26. The monoisotopic (exact) mass is 284 g/mol. The molecular formula is C12H17BrN2O. The highest BCUT2D eigenvalue weighted by Crippen LogP contribution is 2.10. The Bertz CT molecular complexity index is 316. The van der Waals surface area contributed by atoms with Crippen molar-refractivity contribution in [3.63, 3.8) is 0 Å². The number of carbonyl (C=O) groups excluding carboxylic acids is 1. The lowest BCUT2D eigenvalue weighted by atomic mass is 10.1. The van der Waals surface area contributed by atoms with Gasteiger partial charge < -0.3 is 5.32 Å². The number of carbonyl (C=O) groups is 1. The molecule has 1 N–H and O–H groups in total. The molecule has 4 heteroatoms. The molecule has 0 saturated heterocycles. The molecule has 1 aromatic heterocycles.